The number of aromatic amines is 2. The Morgan fingerprint density at radius 2 is 1.68 bits per heavy atom. The fourth-order valence-electron chi connectivity index (χ4n) is 2.80. The van der Waals surface area contributed by atoms with E-state index in [1.807, 2.05) is 44.2 Å². The number of imidazole rings is 1. The molecule has 0 atom stereocenters. The Bertz CT molecular complexity index is 1160. The third kappa shape index (κ3) is 4.57. The van der Waals surface area contributed by atoms with Crippen LogP contribution in [-0.2, 0) is 12.5 Å². The van der Waals surface area contributed by atoms with E-state index in [2.05, 4.69) is 35.7 Å². The van der Waals surface area contributed by atoms with Gasteiger partial charge in [-0.15, -0.1) is 0 Å². The summed E-state index contributed by atoms with van der Waals surface area (Å²) >= 11 is 0. The number of hydrogen-bond acceptors (Lipinski definition) is 3. The predicted octanol–water partition coefficient (Wildman–Crippen LogP) is 1.78. The second-order valence-corrected chi connectivity index (χ2v) is 7.23. The van der Waals surface area contributed by atoms with Crippen molar-refractivity contribution in [3.63, 3.8) is 0 Å². The molecule has 0 saturated heterocycles. The quantitative estimate of drug-likeness (QED) is 0.711. The van der Waals surface area contributed by atoms with Crippen molar-refractivity contribution in [3.8, 4) is 0 Å². The second kappa shape index (κ2) is 8.69. The Morgan fingerprint density at radius 1 is 1.04 bits per heavy atom. The fraction of sp³-hybridized carbons (Fsp3) is 0.318. The van der Waals surface area contributed by atoms with Gasteiger partial charge in [0, 0.05) is 18.2 Å². The lowest BCUT2D eigenvalue weighted by Gasteiger charge is -2.17. The molecule has 3 rings (SSSR count). The van der Waals surface area contributed by atoms with Gasteiger partial charge in [0.25, 0.3) is 11.1 Å². The minimum atomic E-state index is -0.336. The summed E-state index contributed by atoms with van der Waals surface area (Å²) in [5.74, 6) is 0. The fourth-order valence-corrected chi connectivity index (χ4v) is 2.80. The molecule has 1 aromatic carbocycles. The molecule has 0 aliphatic rings. The summed E-state index contributed by atoms with van der Waals surface area (Å²) < 4.78 is 1.36. The van der Waals surface area contributed by atoms with Gasteiger partial charge in [-0.25, -0.2) is 4.98 Å². The van der Waals surface area contributed by atoms with Crippen molar-refractivity contribution >= 4 is 12.2 Å². The summed E-state index contributed by atoms with van der Waals surface area (Å²) in [5.41, 5.74) is 1.64. The van der Waals surface area contributed by atoms with Crippen LogP contribution >= 0.6 is 0 Å². The van der Waals surface area contributed by atoms with Gasteiger partial charge < -0.3 is 14.5 Å². The Kier molecular flexibility index (Phi) is 6.57. The van der Waals surface area contributed by atoms with Gasteiger partial charge in [-0.1, -0.05) is 65.0 Å². The van der Waals surface area contributed by atoms with Crippen LogP contribution in [0.4, 0.5) is 0 Å². The first-order valence-corrected chi connectivity index (χ1v) is 9.39. The van der Waals surface area contributed by atoms with Crippen LogP contribution in [0.5, 0.6) is 0 Å². The monoisotopic (exact) mass is 380 g/mol. The van der Waals surface area contributed by atoms with Crippen LogP contribution in [0, 0.1) is 0 Å². The first-order chi connectivity index (χ1) is 13.3. The van der Waals surface area contributed by atoms with Gasteiger partial charge >= 0.3 is 0 Å². The average molecular weight is 380 g/mol. The Morgan fingerprint density at radius 3 is 2.29 bits per heavy atom. The average Bonchev–Trinajstić information content (AvgIpc) is 3.14. The van der Waals surface area contributed by atoms with Crippen molar-refractivity contribution in [1.82, 2.24) is 19.5 Å². The van der Waals surface area contributed by atoms with Crippen LogP contribution in [0.25, 0.3) is 12.2 Å². The molecule has 0 fully saturated rings. The molecule has 0 radical (unpaired) electrons. The largest absolute Gasteiger partial charge is 0.348 e. The molecule has 2 aromatic heterocycles. The van der Waals surface area contributed by atoms with E-state index in [1.54, 1.807) is 25.5 Å². The maximum absolute atomic E-state index is 12.7. The molecule has 0 aliphatic heterocycles. The van der Waals surface area contributed by atoms with E-state index >= 15 is 0 Å². The molecule has 6 nitrogen and oxygen atoms in total. The summed E-state index contributed by atoms with van der Waals surface area (Å²) in [6.07, 6.45) is 4.91. The van der Waals surface area contributed by atoms with Crippen molar-refractivity contribution in [3.05, 3.63) is 85.0 Å². The molecular weight excluding hydrogens is 352 g/mol. The Hall–Kier alpha value is -3.15. The van der Waals surface area contributed by atoms with Crippen molar-refractivity contribution in [2.75, 3.05) is 0 Å². The van der Waals surface area contributed by atoms with Crippen molar-refractivity contribution in [2.24, 2.45) is 7.05 Å². The SMILES string of the molecule is CC.Cn1c(=O)/c(=C/c2ccccc2)[nH]c(=O)/c1=C/c1nc[nH]c1C(C)(C)C. The van der Waals surface area contributed by atoms with Crippen LogP contribution in [0.3, 0.4) is 0 Å². The summed E-state index contributed by atoms with van der Waals surface area (Å²) in [5, 5.41) is 0.511. The van der Waals surface area contributed by atoms with E-state index in [-0.39, 0.29) is 27.2 Å². The van der Waals surface area contributed by atoms with Gasteiger partial charge in [0.2, 0.25) is 0 Å². The van der Waals surface area contributed by atoms with E-state index < -0.39 is 0 Å². The van der Waals surface area contributed by atoms with Crippen LogP contribution < -0.4 is 21.8 Å². The number of hydrogen-bond donors (Lipinski definition) is 2. The molecule has 0 spiro atoms. The normalized spacial score (nSPS) is 12.6. The Balaban J connectivity index is 0.00000136. The lowest BCUT2D eigenvalue weighted by Crippen LogP contribution is -2.52. The zero-order chi connectivity index (χ0) is 20.9. The topological polar surface area (TPSA) is 83.5 Å². The molecule has 0 unspecified atom stereocenters. The highest BCUT2D eigenvalue weighted by Gasteiger charge is 2.19. The van der Waals surface area contributed by atoms with Gasteiger partial charge in [-0.05, 0) is 17.7 Å². The lowest BCUT2D eigenvalue weighted by atomic mass is 9.90. The van der Waals surface area contributed by atoms with Crippen molar-refractivity contribution in [1.29, 1.82) is 0 Å². The maximum Gasteiger partial charge on any atom is 0.274 e. The minimum absolute atomic E-state index is 0.158. The predicted molar refractivity (Wildman–Crippen MR) is 114 cm³/mol. The highest BCUT2D eigenvalue weighted by Crippen LogP contribution is 2.22. The van der Waals surface area contributed by atoms with Gasteiger partial charge in [-0.3, -0.25) is 9.59 Å². The molecule has 2 N–H and O–H groups in total. The van der Waals surface area contributed by atoms with Gasteiger partial charge in [0.05, 0.1) is 12.0 Å². The number of aromatic nitrogens is 4. The lowest BCUT2D eigenvalue weighted by molar-refractivity contribution is 0.571. The second-order valence-electron chi connectivity index (χ2n) is 7.23. The van der Waals surface area contributed by atoms with Crippen molar-refractivity contribution in [2.45, 2.75) is 40.0 Å². The molecule has 0 amide bonds. The summed E-state index contributed by atoms with van der Waals surface area (Å²) in [6, 6.07) is 9.39. The smallest absolute Gasteiger partial charge is 0.274 e. The summed E-state index contributed by atoms with van der Waals surface area (Å²) in [4.78, 5) is 35.4. The number of benzene rings is 1. The van der Waals surface area contributed by atoms with Gasteiger partial charge in [0.15, 0.2) is 0 Å². The molecule has 148 valence electrons. The number of nitrogens with zero attached hydrogens (tertiary/aromatic N) is 2. The molecular formula is C22H28N4O2. The third-order valence-corrected chi connectivity index (χ3v) is 4.18. The first-order valence-electron chi connectivity index (χ1n) is 9.39. The van der Waals surface area contributed by atoms with Crippen LogP contribution in [0.2, 0.25) is 0 Å². The Labute approximate surface area is 164 Å². The zero-order valence-corrected chi connectivity index (χ0v) is 17.3. The molecule has 0 saturated carbocycles. The van der Waals surface area contributed by atoms with E-state index in [0.29, 0.717) is 5.69 Å². The highest BCUT2D eigenvalue weighted by molar-refractivity contribution is 5.49. The van der Waals surface area contributed by atoms with Crippen LogP contribution in [-0.4, -0.2) is 19.5 Å². The van der Waals surface area contributed by atoms with Gasteiger partial charge in [0.1, 0.15) is 10.7 Å². The zero-order valence-electron chi connectivity index (χ0n) is 17.3. The summed E-state index contributed by atoms with van der Waals surface area (Å²) in [6.45, 7) is 10.2. The highest BCUT2D eigenvalue weighted by atomic mass is 16.1. The van der Waals surface area contributed by atoms with E-state index in [0.717, 1.165) is 11.3 Å². The minimum Gasteiger partial charge on any atom is -0.348 e. The number of nitrogens with one attached hydrogen (secondary N) is 2. The third-order valence-electron chi connectivity index (χ3n) is 4.18. The molecule has 28 heavy (non-hydrogen) atoms. The van der Waals surface area contributed by atoms with E-state index in [4.69, 9.17) is 0 Å². The standard InChI is InChI=1S/C20H22N4O2.C2H6/c1-20(2,3)17-14(21-12-22-17)11-16-18(25)23-15(19(26)24(16)4)10-13-8-6-5-7-9-13;1-2/h5-12H,1-4H3,(H,21,22)(H,23,25);1-2H3/b15-10-,16-11-;. The van der Waals surface area contributed by atoms with E-state index in [9.17, 15) is 9.59 Å². The molecule has 3 aromatic rings. The summed E-state index contributed by atoms with van der Waals surface area (Å²) in [7, 11) is 1.59. The molecule has 6 heteroatoms. The van der Waals surface area contributed by atoms with Crippen LogP contribution in [0.1, 0.15) is 51.6 Å². The first kappa shape index (κ1) is 21.2. The van der Waals surface area contributed by atoms with Crippen molar-refractivity contribution < 1.29 is 0 Å². The molecule has 0 aliphatic carbocycles. The molecule has 0 bridgehead atoms. The molecule has 2 heterocycles. The van der Waals surface area contributed by atoms with Gasteiger partial charge in [-0.2, -0.15) is 0 Å². The van der Waals surface area contributed by atoms with E-state index in [1.165, 1.54) is 4.57 Å². The van der Waals surface area contributed by atoms with Crippen LogP contribution in [0.15, 0.2) is 46.2 Å². The maximum atomic E-state index is 12.7. The number of H-pyrrole nitrogens is 2. The number of rotatable bonds is 2.